The van der Waals surface area contributed by atoms with Gasteiger partial charge < -0.3 is 9.84 Å². The first-order valence-corrected chi connectivity index (χ1v) is 6.59. The highest BCUT2D eigenvalue weighted by molar-refractivity contribution is 5.94. The second kappa shape index (κ2) is 5.02. The molecule has 0 saturated carbocycles. The summed E-state index contributed by atoms with van der Waals surface area (Å²) in [4.78, 5) is 10.9. The van der Waals surface area contributed by atoms with Crippen molar-refractivity contribution in [2.45, 2.75) is 18.8 Å². The maximum Gasteiger partial charge on any atom is 0.335 e. The molecule has 2 aromatic carbocycles. The SMILES string of the molecule is O=C(O)c1ccc2cc(C3CCOCC3)ccc2c1. The number of hydrogen-bond acceptors (Lipinski definition) is 2. The monoisotopic (exact) mass is 256 g/mol. The van der Waals surface area contributed by atoms with Gasteiger partial charge in [0.1, 0.15) is 0 Å². The number of rotatable bonds is 2. The van der Waals surface area contributed by atoms with Crippen molar-refractivity contribution in [2.75, 3.05) is 13.2 Å². The van der Waals surface area contributed by atoms with E-state index < -0.39 is 5.97 Å². The first kappa shape index (κ1) is 12.2. The van der Waals surface area contributed by atoms with Crippen LogP contribution >= 0.6 is 0 Å². The van der Waals surface area contributed by atoms with E-state index >= 15 is 0 Å². The highest BCUT2D eigenvalue weighted by Gasteiger charge is 2.16. The molecule has 1 aliphatic heterocycles. The second-order valence-corrected chi connectivity index (χ2v) is 5.01. The molecule has 0 spiro atoms. The van der Waals surface area contributed by atoms with E-state index in [0.29, 0.717) is 11.5 Å². The molecule has 1 fully saturated rings. The van der Waals surface area contributed by atoms with Gasteiger partial charge in [0.25, 0.3) is 0 Å². The summed E-state index contributed by atoms with van der Waals surface area (Å²) in [5, 5.41) is 11.1. The molecule has 19 heavy (non-hydrogen) atoms. The predicted octanol–water partition coefficient (Wildman–Crippen LogP) is 3.43. The van der Waals surface area contributed by atoms with Gasteiger partial charge in [-0.05, 0) is 47.2 Å². The number of fused-ring (bicyclic) bond motifs is 1. The zero-order valence-corrected chi connectivity index (χ0v) is 10.6. The quantitative estimate of drug-likeness (QED) is 0.895. The topological polar surface area (TPSA) is 46.5 Å². The lowest BCUT2D eigenvalue weighted by atomic mass is 9.90. The van der Waals surface area contributed by atoms with Crippen LogP contribution in [0, 0.1) is 0 Å². The molecule has 1 aliphatic rings. The van der Waals surface area contributed by atoms with Gasteiger partial charge in [-0.15, -0.1) is 0 Å². The van der Waals surface area contributed by atoms with Gasteiger partial charge in [-0.3, -0.25) is 0 Å². The Labute approximate surface area is 111 Å². The fourth-order valence-corrected chi connectivity index (χ4v) is 2.68. The largest absolute Gasteiger partial charge is 0.478 e. The number of carboxylic acids is 1. The Morgan fingerprint density at radius 2 is 1.74 bits per heavy atom. The van der Waals surface area contributed by atoms with Crippen molar-refractivity contribution >= 4 is 16.7 Å². The summed E-state index contributed by atoms with van der Waals surface area (Å²) in [5.74, 6) is -0.312. The Morgan fingerprint density at radius 1 is 1.05 bits per heavy atom. The Kier molecular flexibility index (Phi) is 3.22. The molecule has 1 N–H and O–H groups in total. The number of ether oxygens (including phenoxy) is 1. The van der Waals surface area contributed by atoms with Crippen LogP contribution in [0.3, 0.4) is 0 Å². The van der Waals surface area contributed by atoms with Gasteiger partial charge in [-0.25, -0.2) is 4.79 Å². The Bertz CT molecular complexity index is 612. The van der Waals surface area contributed by atoms with Crippen molar-refractivity contribution in [1.82, 2.24) is 0 Å². The molecule has 0 aliphatic carbocycles. The van der Waals surface area contributed by atoms with E-state index in [1.807, 2.05) is 12.1 Å². The average Bonchev–Trinajstić information content (AvgIpc) is 2.47. The smallest absolute Gasteiger partial charge is 0.335 e. The van der Waals surface area contributed by atoms with Crippen LogP contribution in [0.2, 0.25) is 0 Å². The van der Waals surface area contributed by atoms with E-state index in [1.54, 1.807) is 12.1 Å². The molecular weight excluding hydrogens is 240 g/mol. The van der Waals surface area contributed by atoms with E-state index in [0.717, 1.165) is 36.8 Å². The van der Waals surface area contributed by atoms with Crippen molar-refractivity contribution in [3.05, 3.63) is 47.5 Å². The molecule has 3 heteroatoms. The summed E-state index contributed by atoms with van der Waals surface area (Å²) >= 11 is 0. The first-order chi connectivity index (χ1) is 9.24. The fourth-order valence-electron chi connectivity index (χ4n) is 2.68. The molecule has 2 aromatic rings. The first-order valence-electron chi connectivity index (χ1n) is 6.59. The third-order valence-corrected chi connectivity index (χ3v) is 3.80. The van der Waals surface area contributed by atoms with Crippen molar-refractivity contribution in [3.8, 4) is 0 Å². The zero-order chi connectivity index (χ0) is 13.2. The van der Waals surface area contributed by atoms with Crippen LogP contribution < -0.4 is 0 Å². The zero-order valence-electron chi connectivity index (χ0n) is 10.6. The summed E-state index contributed by atoms with van der Waals surface area (Å²) < 4.78 is 5.39. The Morgan fingerprint density at radius 3 is 2.47 bits per heavy atom. The predicted molar refractivity (Wildman–Crippen MR) is 73.7 cm³/mol. The molecular formula is C16H16O3. The Balaban J connectivity index is 1.97. The third kappa shape index (κ3) is 2.47. The molecule has 0 amide bonds. The van der Waals surface area contributed by atoms with Gasteiger partial charge in [0.05, 0.1) is 5.56 Å². The maximum atomic E-state index is 10.9. The van der Waals surface area contributed by atoms with Crippen LogP contribution in [0.4, 0.5) is 0 Å². The molecule has 98 valence electrons. The molecule has 0 atom stereocenters. The summed E-state index contributed by atoms with van der Waals surface area (Å²) in [6.45, 7) is 1.67. The number of carbonyl (C=O) groups is 1. The maximum absolute atomic E-state index is 10.9. The molecule has 1 heterocycles. The van der Waals surface area contributed by atoms with Crippen molar-refractivity contribution in [1.29, 1.82) is 0 Å². The van der Waals surface area contributed by atoms with Crippen LogP contribution in [0.1, 0.15) is 34.7 Å². The minimum Gasteiger partial charge on any atom is -0.478 e. The van der Waals surface area contributed by atoms with Crippen LogP contribution in [-0.2, 0) is 4.74 Å². The lowest BCUT2D eigenvalue weighted by molar-refractivity contribution is 0.0697. The summed E-state index contributed by atoms with van der Waals surface area (Å²) in [7, 11) is 0. The van der Waals surface area contributed by atoms with Crippen LogP contribution in [0.25, 0.3) is 10.8 Å². The van der Waals surface area contributed by atoms with Gasteiger partial charge in [0.2, 0.25) is 0 Å². The number of carboxylic acid groups (broad SMARTS) is 1. The van der Waals surface area contributed by atoms with E-state index in [4.69, 9.17) is 9.84 Å². The summed E-state index contributed by atoms with van der Waals surface area (Å²) in [5.41, 5.74) is 1.67. The Hall–Kier alpha value is -1.87. The van der Waals surface area contributed by atoms with Crippen molar-refractivity contribution in [2.24, 2.45) is 0 Å². The fraction of sp³-hybridized carbons (Fsp3) is 0.312. The van der Waals surface area contributed by atoms with E-state index in [1.165, 1.54) is 5.56 Å². The molecule has 0 unspecified atom stereocenters. The molecule has 3 rings (SSSR count). The molecule has 1 saturated heterocycles. The van der Waals surface area contributed by atoms with Gasteiger partial charge >= 0.3 is 5.97 Å². The van der Waals surface area contributed by atoms with Gasteiger partial charge in [-0.1, -0.05) is 24.3 Å². The van der Waals surface area contributed by atoms with Gasteiger partial charge in [0, 0.05) is 13.2 Å². The van der Waals surface area contributed by atoms with Crippen LogP contribution in [0.5, 0.6) is 0 Å². The second-order valence-electron chi connectivity index (χ2n) is 5.01. The molecule has 0 bridgehead atoms. The summed E-state index contributed by atoms with van der Waals surface area (Å²) in [6.07, 6.45) is 2.14. The molecule has 0 radical (unpaired) electrons. The van der Waals surface area contributed by atoms with Crippen LogP contribution in [0.15, 0.2) is 36.4 Å². The number of benzene rings is 2. The lowest BCUT2D eigenvalue weighted by Gasteiger charge is -2.22. The van der Waals surface area contributed by atoms with E-state index in [2.05, 4.69) is 12.1 Å². The molecule has 3 nitrogen and oxygen atoms in total. The number of hydrogen-bond donors (Lipinski definition) is 1. The average molecular weight is 256 g/mol. The van der Waals surface area contributed by atoms with Gasteiger partial charge in [-0.2, -0.15) is 0 Å². The normalized spacial score (nSPS) is 16.6. The highest BCUT2D eigenvalue weighted by Crippen LogP contribution is 2.29. The molecule has 0 aromatic heterocycles. The highest BCUT2D eigenvalue weighted by atomic mass is 16.5. The van der Waals surface area contributed by atoms with Crippen LogP contribution in [-0.4, -0.2) is 24.3 Å². The minimum absolute atomic E-state index is 0.339. The lowest BCUT2D eigenvalue weighted by Crippen LogP contribution is -2.13. The standard InChI is InChI=1S/C16H16O3/c17-16(18)15-4-3-13-9-12(1-2-14(13)10-15)11-5-7-19-8-6-11/h1-4,9-11H,5-8H2,(H,17,18). The van der Waals surface area contributed by atoms with E-state index in [-0.39, 0.29) is 0 Å². The minimum atomic E-state index is -0.879. The van der Waals surface area contributed by atoms with Crippen molar-refractivity contribution < 1.29 is 14.6 Å². The summed E-state index contributed by atoms with van der Waals surface area (Å²) in [6, 6.07) is 11.6. The van der Waals surface area contributed by atoms with Gasteiger partial charge in [0.15, 0.2) is 0 Å². The third-order valence-electron chi connectivity index (χ3n) is 3.80. The van der Waals surface area contributed by atoms with Crippen molar-refractivity contribution in [3.63, 3.8) is 0 Å². The van der Waals surface area contributed by atoms with E-state index in [9.17, 15) is 4.79 Å². The number of aromatic carboxylic acids is 1.